The maximum atomic E-state index is 10.7. The summed E-state index contributed by atoms with van der Waals surface area (Å²) in [5, 5.41) is 1.80. The minimum absolute atomic E-state index is 0.346. The minimum Gasteiger partial charge on any atom is -0.294 e. The van der Waals surface area contributed by atoms with Gasteiger partial charge >= 0.3 is 0 Å². The molecule has 52 valence electrons. The molecule has 0 radical (unpaired) electrons. The molecule has 0 N–H and O–H groups in total. The zero-order chi connectivity index (χ0) is 7.56. The summed E-state index contributed by atoms with van der Waals surface area (Å²) in [5.41, 5.74) is 0.877. The van der Waals surface area contributed by atoms with E-state index in [9.17, 15) is 9.59 Å². The highest BCUT2D eigenvalue weighted by Gasteiger charge is 2.07. The molecule has 0 amide bonds. The predicted octanol–water partition coefficient (Wildman–Crippen LogP) is 1.44. The summed E-state index contributed by atoms with van der Waals surface area (Å²) in [4.78, 5) is 21.3. The molecular weight excluding hydrogens is 148 g/mol. The molecule has 1 rings (SSSR count). The van der Waals surface area contributed by atoms with Crippen LogP contribution in [0.1, 0.15) is 15.2 Å². The van der Waals surface area contributed by atoms with Gasteiger partial charge in [-0.25, -0.2) is 0 Å². The van der Waals surface area contributed by atoms with Crippen molar-refractivity contribution in [2.45, 2.75) is 6.92 Å². The van der Waals surface area contributed by atoms with E-state index in [4.69, 9.17) is 0 Å². The summed E-state index contributed by atoms with van der Waals surface area (Å²) in [6, 6.07) is 1.82. The first kappa shape index (κ1) is 7.15. The molecule has 1 aromatic rings. The Morgan fingerprint density at radius 1 is 1.70 bits per heavy atom. The quantitative estimate of drug-likeness (QED) is 0.367. The van der Waals surface area contributed by atoms with E-state index in [-0.39, 0.29) is 0 Å². The molecule has 0 aromatic carbocycles. The number of carbonyl (C=O) groups excluding carboxylic acids is 2. The first-order valence-electron chi connectivity index (χ1n) is 2.79. The van der Waals surface area contributed by atoms with Gasteiger partial charge in [0.15, 0.2) is 6.29 Å². The van der Waals surface area contributed by atoms with Crippen molar-refractivity contribution >= 4 is 23.4 Å². The Morgan fingerprint density at radius 3 is 2.80 bits per heavy atom. The monoisotopic (exact) mass is 154 g/mol. The highest BCUT2D eigenvalue weighted by molar-refractivity contribution is 7.13. The van der Waals surface area contributed by atoms with E-state index in [1.807, 2.05) is 13.0 Å². The molecule has 2 nitrogen and oxygen atoms in total. The molecule has 0 atom stereocenters. The third kappa shape index (κ3) is 1.14. The lowest BCUT2D eigenvalue weighted by molar-refractivity contribution is -0.104. The Kier molecular flexibility index (Phi) is 1.97. The van der Waals surface area contributed by atoms with Crippen LogP contribution in [-0.4, -0.2) is 12.1 Å². The number of aryl methyl sites for hydroxylation is 1. The lowest BCUT2D eigenvalue weighted by Gasteiger charge is -1.86. The fraction of sp³-hybridized carbons (Fsp3) is 0.143. The molecule has 0 saturated heterocycles. The number of Topliss-reactive ketones (excluding diaryl/α,β-unsaturated/α-hetero) is 1. The van der Waals surface area contributed by atoms with Gasteiger partial charge in [0.1, 0.15) is 0 Å². The van der Waals surface area contributed by atoms with Gasteiger partial charge in [0.25, 0.3) is 0 Å². The molecule has 0 aliphatic heterocycles. The van der Waals surface area contributed by atoms with Crippen LogP contribution in [-0.2, 0) is 4.79 Å². The van der Waals surface area contributed by atoms with E-state index in [2.05, 4.69) is 0 Å². The molecule has 0 fully saturated rings. The van der Waals surface area contributed by atoms with Crippen molar-refractivity contribution < 1.29 is 9.59 Å². The first-order chi connectivity index (χ1) is 4.75. The van der Waals surface area contributed by atoms with Crippen LogP contribution in [0.4, 0.5) is 0 Å². The zero-order valence-electron chi connectivity index (χ0n) is 5.46. The van der Waals surface area contributed by atoms with Crippen LogP contribution in [0, 0.1) is 6.92 Å². The molecule has 0 bridgehead atoms. The predicted molar refractivity (Wildman–Crippen MR) is 39.5 cm³/mol. The highest BCUT2D eigenvalue weighted by Crippen LogP contribution is 2.14. The van der Waals surface area contributed by atoms with Gasteiger partial charge in [0.2, 0.25) is 5.78 Å². The van der Waals surface area contributed by atoms with Crippen LogP contribution < -0.4 is 0 Å². The van der Waals surface area contributed by atoms with E-state index >= 15 is 0 Å². The Hall–Kier alpha value is -0.960. The summed E-state index contributed by atoms with van der Waals surface area (Å²) in [5.74, 6) is -0.424. The second-order valence-corrected chi connectivity index (χ2v) is 2.83. The van der Waals surface area contributed by atoms with Crippen LogP contribution >= 0.6 is 11.3 Å². The van der Waals surface area contributed by atoms with Gasteiger partial charge < -0.3 is 0 Å². The average molecular weight is 154 g/mol. The van der Waals surface area contributed by atoms with Crippen LogP contribution in [0.5, 0.6) is 0 Å². The molecule has 10 heavy (non-hydrogen) atoms. The molecule has 0 aliphatic rings. The molecule has 1 heterocycles. The number of hydrogen-bond acceptors (Lipinski definition) is 3. The number of ketones is 1. The fourth-order valence-corrected chi connectivity index (χ4v) is 1.51. The smallest absolute Gasteiger partial charge is 0.235 e. The van der Waals surface area contributed by atoms with Crippen LogP contribution in [0.25, 0.3) is 0 Å². The average Bonchev–Trinajstić information content (AvgIpc) is 2.34. The maximum absolute atomic E-state index is 10.7. The Bertz CT molecular complexity index is 262. The molecule has 0 saturated carbocycles. The van der Waals surface area contributed by atoms with Gasteiger partial charge in [-0.1, -0.05) is 0 Å². The lowest BCUT2D eigenvalue weighted by Crippen LogP contribution is -1.97. The van der Waals surface area contributed by atoms with Crippen molar-refractivity contribution in [3.8, 4) is 0 Å². The topological polar surface area (TPSA) is 34.1 Å². The van der Waals surface area contributed by atoms with Crippen LogP contribution in [0.3, 0.4) is 0 Å². The molecular formula is C7H6O2S. The fourth-order valence-electron chi connectivity index (χ4n) is 0.679. The zero-order valence-corrected chi connectivity index (χ0v) is 6.27. The second kappa shape index (κ2) is 2.75. The number of rotatable bonds is 2. The molecule has 0 unspecified atom stereocenters. The number of carbonyl (C=O) groups is 2. The normalized spacial score (nSPS) is 9.30. The SMILES string of the molecule is Cc1ccsc1C(=O)C=O. The van der Waals surface area contributed by atoms with Gasteiger partial charge in [-0.05, 0) is 23.9 Å². The summed E-state index contributed by atoms with van der Waals surface area (Å²) in [6.45, 7) is 1.81. The summed E-state index contributed by atoms with van der Waals surface area (Å²) in [6.07, 6.45) is 0.346. The van der Waals surface area contributed by atoms with Gasteiger partial charge in [-0.2, -0.15) is 0 Å². The summed E-state index contributed by atoms with van der Waals surface area (Å²) < 4.78 is 0. The van der Waals surface area contributed by atoms with Crippen molar-refractivity contribution in [2.24, 2.45) is 0 Å². The van der Waals surface area contributed by atoms with E-state index < -0.39 is 5.78 Å². The van der Waals surface area contributed by atoms with E-state index in [1.165, 1.54) is 11.3 Å². The Morgan fingerprint density at radius 2 is 2.40 bits per heavy atom. The van der Waals surface area contributed by atoms with E-state index in [1.54, 1.807) is 5.38 Å². The third-order valence-electron chi connectivity index (χ3n) is 1.19. The molecule has 1 aromatic heterocycles. The van der Waals surface area contributed by atoms with Crippen LogP contribution in [0.15, 0.2) is 11.4 Å². The van der Waals surface area contributed by atoms with Crippen molar-refractivity contribution in [2.75, 3.05) is 0 Å². The van der Waals surface area contributed by atoms with Gasteiger partial charge in [0, 0.05) is 0 Å². The Labute approximate surface area is 62.5 Å². The molecule has 0 spiro atoms. The number of hydrogen-bond donors (Lipinski definition) is 0. The Balaban J connectivity index is 3.04. The molecule has 0 aliphatic carbocycles. The lowest BCUT2D eigenvalue weighted by atomic mass is 10.2. The first-order valence-corrected chi connectivity index (χ1v) is 3.67. The molecule has 3 heteroatoms. The maximum Gasteiger partial charge on any atom is 0.235 e. The van der Waals surface area contributed by atoms with Crippen molar-refractivity contribution in [3.63, 3.8) is 0 Å². The van der Waals surface area contributed by atoms with Gasteiger partial charge in [0.05, 0.1) is 4.88 Å². The number of aldehydes is 1. The standard InChI is InChI=1S/C7H6O2S/c1-5-2-3-10-7(5)6(9)4-8/h2-4H,1H3. The van der Waals surface area contributed by atoms with E-state index in [0.717, 1.165) is 5.56 Å². The summed E-state index contributed by atoms with van der Waals surface area (Å²) in [7, 11) is 0. The second-order valence-electron chi connectivity index (χ2n) is 1.91. The van der Waals surface area contributed by atoms with Crippen molar-refractivity contribution in [1.29, 1.82) is 0 Å². The van der Waals surface area contributed by atoms with Crippen molar-refractivity contribution in [3.05, 3.63) is 21.9 Å². The summed E-state index contributed by atoms with van der Waals surface area (Å²) >= 11 is 1.30. The largest absolute Gasteiger partial charge is 0.294 e. The van der Waals surface area contributed by atoms with Crippen LogP contribution in [0.2, 0.25) is 0 Å². The number of thiophene rings is 1. The minimum atomic E-state index is -0.424. The van der Waals surface area contributed by atoms with Crippen molar-refractivity contribution in [1.82, 2.24) is 0 Å². The highest BCUT2D eigenvalue weighted by atomic mass is 32.1. The van der Waals surface area contributed by atoms with E-state index in [0.29, 0.717) is 11.2 Å². The van der Waals surface area contributed by atoms with Gasteiger partial charge in [-0.15, -0.1) is 11.3 Å². The third-order valence-corrected chi connectivity index (χ3v) is 2.22. The van der Waals surface area contributed by atoms with Gasteiger partial charge in [-0.3, -0.25) is 9.59 Å².